The maximum absolute atomic E-state index is 5.50. The van der Waals surface area contributed by atoms with Crippen LogP contribution >= 0.6 is 11.3 Å². The van der Waals surface area contributed by atoms with Crippen LogP contribution in [0, 0.1) is 0 Å². The fourth-order valence-corrected chi connectivity index (χ4v) is 1.67. The molecule has 5 nitrogen and oxygen atoms in total. The highest BCUT2D eigenvalue weighted by Gasteiger charge is 2.08. The molecule has 2 rings (SSSR count). The number of nitrogens with two attached hydrogens (primary N) is 1. The van der Waals surface area contributed by atoms with Crippen LogP contribution in [0.5, 0.6) is 0 Å². The summed E-state index contributed by atoms with van der Waals surface area (Å²) in [7, 11) is 0. The van der Waals surface area contributed by atoms with Gasteiger partial charge in [0.15, 0.2) is 5.01 Å². The summed E-state index contributed by atoms with van der Waals surface area (Å²) >= 11 is 1.37. The number of hydrogen-bond acceptors (Lipinski definition) is 5. The number of rotatable bonds is 2. The molecule has 0 saturated heterocycles. The zero-order chi connectivity index (χ0) is 10.1. The molecule has 0 aromatic carbocycles. The molecule has 0 unspecified atom stereocenters. The van der Waals surface area contributed by atoms with Gasteiger partial charge in [0, 0.05) is 12.2 Å². The van der Waals surface area contributed by atoms with E-state index in [-0.39, 0.29) is 0 Å². The average molecular weight is 209 g/mol. The van der Waals surface area contributed by atoms with E-state index in [9.17, 15) is 0 Å². The van der Waals surface area contributed by atoms with Gasteiger partial charge in [-0.15, -0.1) is 10.2 Å². The van der Waals surface area contributed by atoms with Gasteiger partial charge in [-0.3, -0.25) is 4.68 Å². The molecule has 0 aliphatic carbocycles. The van der Waals surface area contributed by atoms with Crippen LogP contribution < -0.4 is 5.73 Å². The summed E-state index contributed by atoms with van der Waals surface area (Å²) in [4.78, 5) is 0. The van der Waals surface area contributed by atoms with Gasteiger partial charge in [-0.1, -0.05) is 11.3 Å². The van der Waals surface area contributed by atoms with Crippen molar-refractivity contribution in [3.8, 4) is 10.6 Å². The predicted molar refractivity (Wildman–Crippen MR) is 55.9 cm³/mol. The third kappa shape index (κ3) is 1.60. The first-order valence-corrected chi connectivity index (χ1v) is 5.12. The lowest BCUT2D eigenvalue weighted by atomic mass is 10.4. The zero-order valence-corrected chi connectivity index (χ0v) is 8.82. The molecule has 2 N–H and O–H groups in total. The summed E-state index contributed by atoms with van der Waals surface area (Å²) in [6, 6.07) is 0.356. The van der Waals surface area contributed by atoms with Crippen molar-refractivity contribution in [3.63, 3.8) is 0 Å². The summed E-state index contributed by atoms with van der Waals surface area (Å²) < 4.78 is 1.88. The molecular weight excluding hydrogens is 198 g/mol. The van der Waals surface area contributed by atoms with E-state index in [0.29, 0.717) is 11.2 Å². The lowest BCUT2D eigenvalue weighted by Gasteiger charge is -2.02. The molecule has 0 spiro atoms. The van der Waals surface area contributed by atoms with Crippen molar-refractivity contribution < 1.29 is 0 Å². The fraction of sp³-hybridized carbons (Fsp3) is 0.375. The fourth-order valence-electron chi connectivity index (χ4n) is 1.08. The molecule has 6 heteroatoms. The van der Waals surface area contributed by atoms with Crippen molar-refractivity contribution in [2.45, 2.75) is 19.9 Å². The zero-order valence-electron chi connectivity index (χ0n) is 8.01. The van der Waals surface area contributed by atoms with E-state index in [4.69, 9.17) is 5.73 Å². The Bertz CT molecular complexity index is 430. The van der Waals surface area contributed by atoms with Crippen LogP contribution in [-0.2, 0) is 0 Å². The smallest absolute Gasteiger partial charge is 0.203 e. The van der Waals surface area contributed by atoms with E-state index in [2.05, 4.69) is 29.1 Å². The van der Waals surface area contributed by atoms with Gasteiger partial charge >= 0.3 is 0 Å². The van der Waals surface area contributed by atoms with Gasteiger partial charge in [-0.05, 0) is 13.8 Å². The molecule has 0 saturated carbocycles. The minimum Gasteiger partial charge on any atom is -0.374 e. The van der Waals surface area contributed by atoms with Crippen molar-refractivity contribution >= 4 is 16.5 Å². The summed E-state index contributed by atoms with van der Waals surface area (Å²) in [5, 5.41) is 13.2. The molecule has 0 bridgehead atoms. The summed E-state index contributed by atoms with van der Waals surface area (Å²) in [5.74, 6) is 0. The Morgan fingerprint density at radius 3 is 2.71 bits per heavy atom. The molecular formula is C8H11N5S. The van der Waals surface area contributed by atoms with Crippen LogP contribution in [0.2, 0.25) is 0 Å². The van der Waals surface area contributed by atoms with Crippen LogP contribution in [0.4, 0.5) is 5.13 Å². The van der Waals surface area contributed by atoms with Gasteiger partial charge in [-0.25, -0.2) is 0 Å². The second kappa shape index (κ2) is 3.38. The molecule has 14 heavy (non-hydrogen) atoms. The summed E-state index contributed by atoms with van der Waals surface area (Å²) in [6.45, 7) is 4.15. The van der Waals surface area contributed by atoms with Crippen molar-refractivity contribution in [2.75, 3.05) is 5.73 Å². The summed E-state index contributed by atoms with van der Waals surface area (Å²) in [6.07, 6.45) is 3.73. The Balaban J connectivity index is 2.33. The van der Waals surface area contributed by atoms with Gasteiger partial charge in [0.05, 0.1) is 11.8 Å². The van der Waals surface area contributed by atoms with Crippen LogP contribution in [0.3, 0.4) is 0 Å². The lowest BCUT2D eigenvalue weighted by molar-refractivity contribution is 0.532. The number of nitrogen functional groups attached to an aromatic ring is 1. The van der Waals surface area contributed by atoms with Crippen molar-refractivity contribution in [1.29, 1.82) is 0 Å². The molecule has 2 aromatic heterocycles. The second-order valence-electron chi connectivity index (χ2n) is 3.25. The Kier molecular flexibility index (Phi) is 2.20. The average Bonchev–Trinajstić information content (AvgIpc) is 2.70. The Morgan fingerprint density at radius 1 is 1.43 bits per heavy atom. The number of anilines is 1. The molecule has 0 atom stereocenters. The highest BCUT2D eigenvalue weighted by molar-refractivity contribution is 7.18. The standard InChI is InChI=1S/C8H11N5S/c1-5(2)13-4-6(3-10-13)7-11-12-8(9)14-7/h3-5H,1-2H3,(H2,9,12). The predicted octanol–water partition coefficient (Wildman–Crippen LogP) is 1.56. The lowest BCUT2D eigenvalue weighted by Crippen LogP contribution is -1.99. The van der Waals surface area contributed by atoms with Crippen molar-refractivity contribution in [2.24, 2.45) is 0 Å². The van der Waals surface area contributed by atoms with E-state index in [1.165, 1.54) is 11.3 Å². The minimum atomic E-state index is 0.356. The van der Waals surface area contributed by atoms with Crippen LogP contribution in [-0.4, -0.2) is 20.0 Å². The first kappa shape index (κ1) is 9.14. The third-order valence-corrected chi connectivity index (χ3v) is 2.62. The quantitative estimate of drug-likeness (QED) is 0.815. The first-order chi connectivity index (χ1) is 6.66. The Hall–Kier alpha value is -1.43. The maximum Gasteiger partial charge on any atom is 0.203 e. The Labute approximate surface area is 85.6 Å². The minimum absolute atomic E-state index is 0.356. The van der Waals surface area contributed by atoms with Gasteiger partial charge in [0.2, 0.25) is 5.13 Å². The number of hydrogen-bond donors (Lipinski definition) is 1. The molecule has 74 valence electrons. The van der Waals surface area contributed by atoms with E-state index < -0.39 is 0 Å². The molecule has 0 fully saturated rings. The topological polar surface area (TPSA) is 69.6 Å². The van der Waals surface area contributed by atoms with Crippen LogP contribution in [0.1, 0.15) is 19.9 Å². The SMILES string of the molecule is CC(C)n1cc(-c2nnc(N)s2)cn1. The van der Waals surface area contributed by atoms with Gasteiger partial charge < -0.3 is 5.73 Å². The molecule has 0 amide bonds. The monoisotopic (exact) mass is 209 g/mol. The molecule has 0 aliphatic rings. The molecule has 0 radical (unpaired) electrons. The van der Waals surface area contributed by atoms with Crippen molar-refractivity contribution in [3.05, 3.63) is 12.4 Å². The maximum atomic E-state index is 5.50. The largest absolute Gasteiger partial charge is 0.374 e. The number of aromatic nitrogens is 4. The van der Waals surface area contributed by atoms with E-state index >= 15 is 0 Å². The number of nitrogens with zero attached hydrogens (tertiary/aromatic N) is 4. The van der Waals surface area contributed by atoms with E-state index in [1.54, 1.807) is 6.20 Å². The highest BCUT2D eigenvalue weighted by Crippen LogP contribution is 2.24. The summed E-state index contributed by atoms with van der Waals surface area (Å²) in [5.41, 5.74) is 6.47. The molecule has 2 aromatic rings. The molecule has 0 aliphatic heterocycles. The molecule has 2 heterocycles. The van der Waals surface area contributed by atoms with Gasteiger partial charge in [-0.2, -0.15) is 5.10 Å². The van der Waals surface area contributed by atoms with Crippen molar-refractivity contribution in [1.82, 2.24) is 20.0 Å². The second-order valence-corrected chi connectivity index (χ2v) is 4.26. The normalized spacial score (nSPS) is 11.1. The third-order valence-electron chi connectivity index (χ3n) is 1.82. The first-order valence-electron chi connectivity index (χ1n) is 4.30. The van der Waals surface area contributed by atoms with E-state index in [1.807, 2.05) is 10.9 Å². The van der Waals surface area contributed by atoms with Gasteiger partial charge in [0.1, 0.15) is 0 Å². The van der Waals surface area contributed by atoms with Gasteiger partial charge in [0.25, 0.3) is 0 Å². The highest BCUT2D eigenvalue weighted by atomic mass is 32.1. The Morgan fingerprint density at radius 2 is 2.21 bits per heavy atom. The van der Waals surface area contributed by atoms with Crippen LogP contribution in [0.25, 0.3) is 10.6 Å². The van der Waals surface area contributed by atoms with E-state index in [0.717, 1.165) is 10.6 Å². The van der Waals surface area contributed by atoms with Crippen LogP contribution in [0.15, 0.2) is 12.4 Å².